The number of nitrogens with zero attached hydrogens (tertiary/aromatic N) is 2. The van der Waals surface area contributed by atoms with E-state index in [1.54, 1.807) is 0 Å². The summed E-state index contributed by atoms with van der Waals surface area (Å²) in [5, 5.41) is 3.30. The number of fused-ring (bicyclic) bond motifs is 1. The SMILES string of the molecule is CCNC(C)(CN1CCN2CCCCC2C1)C(=O)OC. The fourth-order valence-electron chi connectivity index (χ4n) is 3.62. The molecule has 1 N–H and O–H groups in total. The molecule has 0 aromatic heterocycles. The summed E-state index contributed by atoms with van der Waals surface area (Å²) in [4.78, 5) is 17.1. The lowest BCUT2D eigenvalue weighted by Crippen LogP contribution is -2.62. The van der Waals surface area contributed by atoms with Crippen molar-refractivity contribution >= 4 is 5.97 Å². The van der Waals surface area contributed by atoms with Gasteiger partial charge in [0.05, 0.1) is 7.11 Å². The van der Waals surface area contributed by atoms with Gasteiger partial charge in [0.1, 0.15) is 5.54 Å². The second-order valence-corrected chi connectivity index (χ2v) is 6.27. The topological polar surface area (TPSA) is 44.8 Å². The van der Waals surface area contributed by atoms with Crippen LogP contribution in [-0.4, -0.2) is 73.7 Å². The van der Waals surface area contributed by atoms with E-state index in [1.165, 1.54) is 32.9 Å². The molecule has 2 heterocycles. The van der Waals surface area contributed by atoms with Gasteiger partial charge in [-0.3, -0.25) is 14.6 Å². The van der Waals surface area contributed by atoms with Gasteiger partial charge in [-0.05, 0) is 32.9 Å². The van der Waals surface area contributed by atoms with E-state index in [1.807, 2.05) is 13.8 Å². The number of carbonyl (C=O) groups is 1. The van der Waals surface area contributed by atoms with Gasteiger partial charge in [-0.2, -0.15) is 0 Å². The van der Waals surface area contributed by atoms with E-state index in [2.05, 4.69) is 15.1 Å². The molecular formula is C15H29N3O2. The van der Waals surface area contributed by atoms with Gasteiger partial charge >= 0.3 is 5.97 Å². The van der Waals surface area contributed by atoms with Gasteiger partial charge < -0.3 is 10.1 Å². The maximum atomic E-state index is 12.1. The molecule has 0 saturated carbocycles. The first-order chi connectivity index (χ1) is 9.59. The second kappa shape index (κ2) is 6.87. The minimum Gasteiger partial charge on any atom is -0.468 e. The summed E-state index contributed by atoms with van der Waals surface area (Å²) in [7, 11) is 1.47. The van der Waals surface area contributed by atoms with Crippen LogP contribution in [0.2, 0.25) is 0 Å². The lowest BCUT2D eigenvalue weighted by Gasteiger charge is -2.46. The second-order valence-electron chi connectivity index (χ2n) is 6.27. The molecule has 2 aliphatic heterocycles. The number of nitrogens with one attached hydrogen (secondary N) is 1. The van der Waals surface area contributed by atoms with E-state index in [9.17, 15) is 4.79 Å². The third-order valence-electron chi connectivity index (χ3n) is 4.66. The highest BCUT2D eigenvalue weighted by molar-refractivity contribution is 5.80. The van der Waals surface area contributed by atoms with Crippen LogP contribution in [0.5, 0.6) is 0 Å². The Kier molecular flexibility index (Phi) is 5.41. The number of hydrogen-bond donors (Lipinski definition) is 1. The van der Waals surface area contributed by atoms with Crippen LogP contribution >= 0.6 is 0 Å². The van der Waals surface area contributed by atoms with Gasteiger partial charge in [0.25, 0.3) is 0 Å². The quantitative estimate of drug-likeness (QED) is 0.753. The summed E-state index contributed by atoms with van der Waals surface area (Å²) >= 11 is 0. The lowest BCUT2D eigenvalue weighted by molar-refractivity contribution is -0.149. The number of piperazine rings is 1. The zero-order chi connectivity index (χ0) is 14.6. The molecule has 5 nitrogen and oxygen atoms in total. The molecule has 0 amide bonds. The highest BCUT2D eigenvalue weighted by Crippen LogP contribution is 2.22. The number of ether oxygens (including phenoxy) is 1. The van der Waals surface area contributed by atoms with Crippen LogP contribution in [0.3, 0.4) is 0 Å². The molecule has 116 valence electrons. The number of rotatable bonds is 5. The van der Waals surface area contributed by atoms with E-state index >= 15 is 0 Å². The number of likely N-dealkylation sites (N-methyl/N-ethyl adjacent to an activating group) is 1. The van der Waals surface area contributed by atoms with Crippen molar-refractivity contribution in [3.05, 3.63) is 0 Å². The minimum absolute atomic E-state index is 0.162. The summed E-state index contributed by atoms with van der Waals surface area (Å²) < 4.78 is 4.98. The lowest BCUT2D eigenvalue weighted by atomic mass is 9.96. The first kappa shape index (κ1) is 15.7. The van der Waals surface area contributed by atoms with Crippen molar-refractivity contribution in [2.75, 3.05) is 46.4 Å². The average Bonchev–Trinajstić information content (AvgIpc) is 2.46. The predicted octanol–water partition coefficient (Wildman–Crippen LogP) is 0.698. The number of carbonyl (C=O) groups excluding carboxylic acids is 1. The predicted molar refractivity (Wildman–Crippen MR) is 79.7 cm³/mol. The Balaban J connectivity index is 1.95. The number of methoxy groups -OCH3 is 1. The molecule has 2 unspecified atom stereocenters. The Hall–Kier alpha value is -0.650. The Morgan fingerprint density at radius 3 is 2.85 bits per heavy atom. The van der Waals surface area contributed by atoms with Crippen LogP contribution in [0.4, 0.5) is 0 Å². The van der Waals surface area contributed by atoms with Gasteiger partial charge in [0.15, 0.2) is 0 Å². The van der Waals surface area contributed by atoms with Crippen LogP contribution in [-0.2, 0) is 9.53 Å². The van der Waals surface area contributed by atoms with Crippen LogP contribution < -0.4 is 5.32 Å². The molecule has 20 heavy (non-hydrogen) atoms. The average molecular weight is 283 g/mol. The summed E-state index contributed by atoms with van der Waals surface area (Å²) in [6, 6.07) is 0.682. The molecule has 2 aliphatic rings. The van der Waals surface area contributed by atoms with Crippen LogP contribution in [0.15, 0.2) is 0 Å². The standard InChI is InChI=1S/C15H29N3O2/c1-4-16-15(2,14(19)20-3)12-17-9-10-18-8-6-5-7-13(18)11-17/h13,16H,4-12H2,1-3H3. The van der Waals surface area contributed by atoms with Crippen LogP contribution in [0, 0.1) is 0 Å². The van der Waals surface area contributed by atoms with Crippen molar-refractivity contribution in [1.29, 1.82) is 0 Å². The van der Waals surface area contributed by atoms with E-state index in [-0.39, 0.29) is 5.97 Å². The van der Waals surface area contributed by atoms with E-state index < -0.39 is 5.54 Å². The van der Waals surface area contributed by atoms with Crippen molar-refractivity contribution in [3.8, 4) is 0 Å². The molecular weight excluding hydrogens is 254 g/mol. The van der Waals surface area contributed by atoms with Gasteiger partial charge in [-0.1, -0.05) is 13.3 Å². The fourth-order valence-corrected chi connectivity index (χ4v) is 3.62. The molecule has 0 spiro atoms. The molecule has 0 aromatic carbocycles. The van der Waals surface area contributed by atoms with Crippen molar-refractivity contribution < 1.29 is 9.53 Å². The van der Waals surface area contributed by atoms with Gasteiger partial charge in [-0.15, -0.1) is 0 Å². The van der Waals surface area contributed by atoms with Crippen molar-refractivity contribution in [2.24, 2.45) is 0 Å². The molecule has 0 aromatic rings. The third-order valence-corrected chi connectivity index (χ3v) is 4.66. The van der Waals surface area contributed by atoms with Crippen LogP contribution in [0.25, 0.3) is 0 Å². The summed E-state index contributed by atoms with van der Waals surface area (Å²) in [5.74, 6) is -0.162. The van der Waals surface area contributed by atoms with Gasteiger partial charge in [0.2, 0.25) is 0 Å². The Morgan fingerprint density at radius 2 is 2.15 bits per heavy atom. The number of hydrogen-bond acceptors (Lipinski definition) is 5. The molecule has 2 fully saturated rings. The van der Waals surface area contributed by atoms with Gasteiger partial charge in [-0.25, -0.2) is 0 Å². The Morgan fingerprint density at radius 1 is 1.35 bits per heavy atom. The van der Waals surface area contributed by atoms with Crippen molar-refractivity contribution in [1.82, 2.24) is 15.1 Å². The first-order valence-electron chi connectivity index (χ1n) is 7.89. The fraction of sp³-hybridized carbons (Fsp3) is 0.933. The van der Waals surface area contributed by atoms with E-state index in [0.717, 1.165) is 32.7 Å². The van der Waals surface area contributed by atoms with Crippen molar-refractivity contribution in [3.63, 3.8) is 0 Å². The monoisotopic (exact) mass is 283 g/mol. The molecule has 5 heteroatoms. The summed E-state index contributed by atoms with van der Waals surface area (Å²) in [6.07, 6.45) is 3.98. The summed E-state index contributed by atoms with van der Waals surface area (Å²) in [6.45, 7) is 10.0. The summed E-state index contributed by atoms with van der Waals surface area (Å²) in [5.41, 5.74) is -0.597. The molecule has 2 rings (SSSR count). The molecule has 2 atom stereocenters. The maximum absolute atomic E-state index is 12.1. The Labute approximate surface area is 122 Å². The van der Waals surface area contributed by atoms with E-state index in [0.29, 0.717) is 6.04 Å². The molecule has 0 aliphatic carbocycles. The highest BCUT2D eigenvalue weighted by Gasteiger charge is 2.38. The van der Waals surface area contributed by atoms with Crippen LogP contribution in [0.1, 0.15) is 33.1 Å². The van der Waals surface area contributed by atoms with E-state index in [4.69, 9.17) is 4.74 Å². The minimum atomic E-state index is -0.597. The number of esters is 1. The smallest absolute Gasteiger partial charge is 0.327 e. The molecule has 2 saturated heterocycles. The first-order valence-corrected chi connectivity index (χ1v) is 7.89. The molecule has 0 bridgehead atoms. The number of piperidine rings is 1. The zero-order valence-electron chi connectivity index (χ0n) is 13.2. The maximum Gasteiger partial charge on any atom is 0.327 e. The normalized spacial score (nSPS) is 27.6. The largest absolute Gasteiger partial charge is 0.468 e. The molecule has 0 radical (unpaired) electrons. The van der Waals surface area contributed by atoms with Gasteiger partial charge in [0, 0.05) is 32.2 Å². The Bertz CT molecular complexity index is 337. The zero-order valence-corrected chi connectivity index (χ0v) is 13.2. The third kappa shape index (κ3) is 3.51. The highest BCUT2D eigenvalue weighted by atomic mass is 16.5. The van der Waals surface area contributed by atoms with Crippen molar-refractivity contribution in [2.45, 2.75) is 44.7 Å².